The Labute approximate surface area is 91.9 Å². The summed E-state index contributed by atoms with van der Waals surface area (Å²) in [5.41, 5.74) is 0. The molecule has 13 heavy (non-hydrogen) atoms. The van der Waals surface area contributed by atoms with Crippen LogP contribution in [0.5, 0.6) is 0 Å². The Morgan fingerprint density at radius 1 is 1.54 bits per heavy atom. The molecule has 0 unspecified atom stereocenters. The molecule has 4 nitrogen and oxygen atoms in total. The second kappa shape index (κ2) is 4.71. The molecule has 0 radical (unpaired) electrons. The van der Waals surface area contributed by atoms with Crippen molar-refractivity contribution in [3.8, 4) is 0 Å². The van der Waals surface area contributed by atoms with Crippen LogP contribution in [0.25, 0.3) is 0 Å². The minimum atomic E-state index is 0.769. The van der Waals surface area contributed by atoms with Crippen LogP contribution in [0.4, 0.5) is 5.82 Å². The summed E-state index contributed by atoms with van der Waals surface area (Å²) in [5, 5.41) is 3.03. The summed E-state index contributed by atoms with van der Waals surface area (Å²) in [6.07, 6.45) is 1.83. The van der Waals surface area contributed by atoms with Crippen molar-refractivity contribution >= 4 is 28.4 Å². The molecule has 0 fully saturated rings. The van der Waals surface area contributed by atoms with E-state index in [9.17, 15) is 0 Å². The van der Waals surface area contributed by atoms with Crippen molar-refractivity contribution in [2.75, 3.05) is 26.5 Å². The van der Waals surface area contributed by atoms with Crippen molar-refractivity contribution in [2.45, 2.75) is 6.54 Å². The number of nitrogens with one attached hydrogen (secondary N) is 1. The monoisotopic (exact) mass is 292 g/mol. The zero-order valence-corrected chi connectivity index (χ0v) is 10.2. The van der Waals surface area contributed by atoms with E-state index in [4.69, 9.17) is 0 Å². The Kier molecular flexibility index (Phi) is 3.86. The molecular weight excluding hydrogens is 279 g/mol. The average Bonchev–Trinajstić information content (AvgIpc) is 2.07. The van der Waals surface area contributed by atoms with E-state index >= 15 is 0 Å². The molecule has 1 N–H and O–H groups in total. The van der Waals surface area contributed by atoms with Gasteiger partial charge in [-0.1, -0.05) is 0 Å². The normalized spacial score (nSPS) is 10.5. The highest BCUT2D eigenvalue weighted by Gasteiger charge is 2.03. The summed E-state index contributed by atoms with van der Waals surface area (Å²) in [6, 6.07) is 0. The van der Waals surface area contributed by atoms with E-state index in [0.29, 0.717) is 0 Å². The molecular formula is C8H13IN4. The second-order valence-corrected chi connectivity index (χ2v) is 4.13. The maximum absolute atomic E-state index is 4.36. The maximum Gasteiger partial charge on any atom is 0.144 e. The lowest BCUT2D eigenvalue weighted by Gasteiger charge is -2.09. The quantitative estimate of drug-likeness (QED) is 0.850. The van der Waals surface area contributed by atoms with Crippen LogP contribution >= 0.6 is 22.6 Å². The topological polar surface area (TPSA) is 41.1 Å². The SMILES string of the molecule is CNc1nc(CN(C)C)ncc1I. The van der Waals surface area contributed by atoms with Gasteiger partial charge in [-0.25, -0.2) is 9.97 Å². The molecule has 5 heteroatoms. The van der Waals surface area contributed by atoms with Gasteiger partial charge in [0, 0.05) is 13.2 Å². The third-order valence-corrected chi connectivity index (χ3v) is 2.28. The summed E-state index contributed by atoms with van der Waals surface area (Å²) in [5.74, 6) is 1.74. The van der Waals surface area contributed by atoms with Gasteiger partial charge in [0.15, 0.2) is 0 Å². The molecule has 0 aliphatic heterocycles. The molecule has 1 aromatic heterocycles. The summed E-state index contributed by atoms with van der Waals surface area (Å²) in [7, 11) is 5.87. The molecule has 1 aromatic rings. The van der Waals surface area contributed by atoms with Gasteiger partial charge in [0.05, 0.1) is 10.1 Å². The molecule has 0 aliphatic rings. The number of rotatable bonds is 3. The molecule has 1 heterocycles. The van der Waals surface area contributed by atoms with Crippen LogP contribution in [0.3, 0.4) is 0 Å². The molecule has 0 saturated heterocycles. The number of hydrogen-bond donors (Lipinski definition) is 1. The van der Waals surface area contributed by atoms with E-state index in [0.717, 1.165) is 21.8 Å². The van der Waals surface area contributed by atoms with Gasteiger partial charge in [-0.2, -0.15) is 0 Å². The van der Waals surface area contributed by atoms with Gasteiger partial charge in [0.1, 0.15) is 11.6 Å². The van der Waals surface area contributed by atoms with Gasteiger partial charge < -0.3 is 10.2 Å². The Bertz CT molecular complexity index is 287. The van der Waals surface area contributed by atoms with Crippen molar-refractivity contribution in [3.05, 3.63) is 15.6 Å². The largest absolute Gasteiger partial charge is 0.372 e. The fraction of sp³-hybridized carbons (Fsp3) is 0.500. The second-order valence-electron chi connectivity index (χ2n) is 2.97. The maximum atomic E-state index is 4.36. The Morgan fingerprint density at radius 2 is 2.23 bits per heavy atom. The number of anilines is 1. The zero-order valence-electron chi connectivity index (χ0n) is 8.00. The molecule has 0 aliphatic carbocycles. The lowest BCUT2D eigenvalue weighted by atomic mass is 10.5. The van der Waals surface area contributed by atoms with Crippen LogP contribution in [0.15, 0.2) is 6.20 Å². The third-order valence-electron chi connectivity index (χ3n) is 1.49. The van der Waals surface area contributed by atoms with Gasteiger partial charge in [0.25, 0.3) is 0 Å². The highest BCUT2D eigenvalue weighted by atomic mass is 127. The molecule has 0 amide bonds. The molecule has 72 valence electrons. The van der Waals surface area contributed by atoms with Crippen molar-refractivity contribution < 1.29 is 0 Å². The molecule has 0 aromatic carbocycles. The van der Waals surface area contributed by atoms with Gasteiger partial charge in [-0.05, 0) is 36.7 Å². The Hall–Kier alpha value is -0.430. The smallest absolute Gasteiger partial charge is 0.144 e. The number of aromatic nitrogens is 2. The highest BCUT2D eigenvalue weighted by Crippen LogP contribution is 2.13. The van der Waals surface area contributed by atoms with Crippen LogP contribution in [0.1, 0.15) is 5.82 Å². The van der Waals surface area contributed by atoms with E-state index < -0.39 is 0 Å². The Morgan fingerprint density at radius 3 is 2.77 bits per heavy atom. The third kappa shape index (κ3) is 3.07. The first kappa shape index (κ1) is 10.6. The summed E-state index contributed by atoms with van der Waals surface area (Å²) in [6.45, 7) is 0.769. The van der Waals surface area contributed by atoms with Crippen molar-refractivity contribution in [1.82, 2.24) is 14.9 Å². The van der Waals surface area contributed by atoms with Crippen molar-refractivity contribution in [1.29, 1.82) is 0 Å². The molecule has 0 bridgehead atoms. The lowest BCUT2D eigenvalue weighted by molar-refractivity contribution is 0.390. The van der Waals surface area contributed by atoms with Gasteiger partial charge >= 0.3 is 0 Å². The highest BCUT2D eigenvalue weighted by molar-refractivity contribution is 14.1. The molecule has 1 rings (SSSR count). The van der Waals surface area contributed by atoms with Gasteiger partial charge in [0.2, 0.25) is 0 Å². The zero-order chi connectivity index (χ0) is 9.84. The standard InChI is InChI=1S/C8H13IN4/c1-10-8-6(9)4-11-7(12-8)5-13(2)3/h4H,5H2,1-3H3,(H,10,11,12). The van der Waals surface area contributed by atoms with Crippen molar-refractivity contribution in [2.24, 2.45) is 0 Å². The van der Waals surface area contributed by atoms with Crippen LogP contribution in [0.2, 0.25) is 0 Å². The first-order chi connectivity index (χ1) is 6.13. The summed E-state index contributed by atoms with van der Waals surface area (Å²) in [4.78, 5) is 10.6. The Balaban J connectivity index is 2.86. The van der Waals surface area contributed by atoms with E-state index in [2.05, 4.69) is 37.9 Å². The van der Waals surface area contributed by atoms with Crippen LogP contribution in [0, 0.1) is 3.57 Å². The van der Waals surface area contributed by atoms with E-state index in [-0.39, 0.29) is 0 Å². The average molecular weight is 292 g/mol. The fourth-order valence-electron chi connectivity index (χ4n) is 0.938. The predicted octanol–water partition coefficient (Wildman–Crippen LogP) is 1.18. The number of halogens is 1. The van der Waals surface area contributed by atoms with E-state index in [1.807, 2.05) is 32.2 Å². The molecule has 0 atom stereocenters. The van der Waals surface area contributed by atoms with Crippen LogP contribution in [-0.4, -0.2) is 36.0 Å². The first-order valence-electron chi connectivity index (χ1n) is 3.97. The minimum absolute atomic E-state index is 0.769. The van der Waals surface area contributed by atoms with Crippen molar-refractivity contribution in [3.63, 3.8) is 0 Å². The molecule has 0 spiro atoms. The van der Waals surface area contributed by atoms with Gasteiger partial charge in [-0.15, -0.1) is 0 Å². The predicted molar refractivity (Wildman–Crippen MR) is 61.7 cm³/mol. The molecule has 0 saturated carbocycles. The summed E-state index contributed by atoms with van der Waals surface area (Å²) < 4.78 is 1.04. The van der Waals surface area contributed by atoms with E-state index in [1.165, 1.54) is 0 Å². The van der Waals surface area contributed by atoms with Crippen LogP contribution < -0.4 is 5.32 Å². The first-order valence-corrected chi connectivity index (χ1v) is 5.05. The lowest BCUT2D eigenvalue weighted by Crippen LogP contribution is -2.14. The fourth-order valence-corrected chi connectivity index (χ4v) is 1.47. The van der Waals surface area contributed by atoms with Crippen LogP contribution in [-0.2, 0) is 6.54 Å². The van der Waals surface area contributed by atoms with E-state index in [1.54, 1.807) is 0 Å². The minimum Gasteiger partial charge on any atom is -0.372 e. The summed E-state index contributed by atoms with van der Waals surface area (Å²) >= 11 is 2.21. The van der Waals surface area contributed by atoms with Gasteiger partial charge in [-0.3, -0.25) is 0 Å². The number of nitrogens with zero attached hydrogens (tertiary/aromatic N) is 3. The number of hydrogen-bond acceptors (Lipinski definition) is 4.